The topological polar surface area (TPSA) is 99.1 Å². The van der Waals surface area contributed by atoms with Crippen molar-refractivity contribution in [1.82, 2.24) is 0 Å². The molecule has 0 saturated heterocycles. The maximum absolute atomic E-state index is 11.5. The van der Waals surface area contributed by atoms with Gasteiger partial charge >= 0.3 is 17.9 Å². The van der Waals surface area contributed by atoms with Gasteiger partial charge in [0.1, 0.15) is 11.7 Å². The van der Waals surface area contributed by atoms with Gasteiger partial charge in [0.05, 0.1) is 13.2 Å². The van der Waals surface area contributed by atoms with E-state index >= 15 is 0 Å². The second kappa shape index (κ2) is 8.37. The molecule has 0 aliphatic heterocycles. The van der Waals surface area contributed by atoms with Crippen molar-refractivity contribution in [2.75, 3.05) is 13.2 Å². The fraction of sp³-hybridized carbons (Fsp3) is 0.842. The van der Waals surface area contributed by atoms with E-state index in [1.165, 1.54) is 20.8 Å². The molecule has 4 atom stereocenters. The zero-order chi connectivity index (χ0) is 20.3. The summed E-state index contributed by atoms with van der Waals surface area (Å²) in [6.45, 7) is 11.8. The van der Waals surface area contributed by atoms with Crippen LogP contribution in [0.25, 0.3) is 0 Å². The number of rotatable bonds is 6. The SMILES string of the molecule is CC(=O)OCC(COC(C)=O)[C@@H]1C[C@H](OC(C)=O)[C@@](C)(O)[C@H](C)C1(C)C. The predicted octanol–water partition coefficient (Wildman–Crippen LogP) is 2.09. The zero-order valence-electron chi connectivity index (χ0n) is 16.8. The molecule has 1 saturated carbocycles. The molecule has 0 unspecified atom stereocenters. The van der Waals surface area contributed by atoms with E-state index in [2.05, 4.69) is 0 Å². The summed E-state index contributed by atoms with van der Waals surface area (Å²) in [7, 11) is 0. The Morgan fingerprint density at radius 1 is 1.00 bits per heavy atom. The standard InChI is InChI=1S/C19H32O7/c1-11-18(5,6)16(8-17(19(11,7)23)26-14(4)22)15(9-24-12(2)20)10-25-13(3)21/h11,15-17,23H,8-10H2,1-7H3/t11-,16+,17+,19+/m1/s1. The maximum Gasteiger partial charge on any atom is 0.303 e. The maximum atomic E-state index is 11.5. The van der Waals surface area contributed by atoms with Crippen LogP contribution in [0.15, 0.2) is 0 Å². The molecule has 7 heteroatoms. The lowest BCUT2D eigenvalue weighted by Gasteiger charge is -2.55. The number of aliphatic hydroxyl groups is 1. The van der Waals surface area contributed by atoms with E-state index in [9.17, 15) is 19.5 Å². The summed E-state index contributed by atoms with van der Waals surface area (Å²) >= 11 is 0. The summed E-state index contributed by atoms with van der Waals surface area (Å²) in [5, 5.41) is 11.0. The first-order chi connectivity index (χ1) is 11.8. The summed E-state index contributed by atoms with van der Waals surface area (Å²) in [5.41, 5.74) is -1.57. The van der Waals surface area contributed by atoms with Crippen molar-refractivity contribution in [3.8, 4) is 0 Å². The van der Waals surface area contributed by atoms with E-state index in [1.807, 2.05) is 20.8 Å². The highest BCUT2D eigenvalue weighted by Crippen LogP contribution is 2.53. The molecule has 26 heavy (non-hydrogen) atoms. The lowest BCUT2D eigenvalue weighted by molar-refractivity contribution is -0.211. The third-order valence-electron chi connectivity index (χ3n) is 5.95. The van der Waals surface area contributed by atoms with Gasteiger partial charge in [-0.3, -0.25) is 14.4 Å². The molecular formula is C19H32O7. The highest BCUT2D eigenvalue weighted by Gasteiger charge is 2.56. The molecule has 0 radical (unpaired) electrons. The van der Waals surface area contributed by atoms with E-state index in [0.29, 0.717) is 6.42 Å². The fourth-order valence-electron chi connectivity index (χ4n) is 4.02. The third kappa shape index (κ3) is 5.19. The molecule has 0 heterocycles. The Morgan fingerprint density at radius 2 is 1.46 bits per heavy atom. The molecule has 7 nitrogen and oxygen atoms in total. The predicted molar refractivity (Wildman–Crippen MR) is 94.0 cm³/mol. The van der Waals surface area contributed by atoms with Crippen molar-refractivity contribution < 1.29 is 33.7 Å². The zero-order valence-corrected chi connectivity index (χ0v) is 16.8. The summed E-state index contributed by atoms with van der Waals surface area (Å²) in [6, 6.07) is 0. The van der Waals surface area contributed by atoms with Gasteiger partial charge in [-0.05, 0) is 30.6 Å². The number of esters is 3. The minimum atomic E-state index is -1.20. The van der Waals surface area contributed by atoms with Crippen LogP contribution >= 0.6 is 0 Å². The van der Waals surface area contributed by atoms with Gasteiger partial charge < -0.3 is 19.3 Å². The molecule has 0 bridgehead atoms. The van der Waals surface area contributed by atoms with E-state index in [0.717, 1.165) is 0 Å². The molecule has 0 aromatic heterocycles. The molecule has 150 valence electrons. The van der Waals surface area contributed by atoms with Crippen LogP contribution in [0.5, 0.6) is 0 Å². The van der Waals surface area contributed by atoms with Crippen LogP contribution in [-0.2, 0) is 28.6 Å². The molecular weight excluding hydrogens is 340 g/mol. The smallest absolute Gasteiger partial charge is 0.303 e. The minimum absolute atomic E-state index is 0.0956. The minimum Gasteiger partial charge on any atom is -0.465 e. The average molecular weight is 372 g/mol. The van der Waals surface area contributed by atoms with Crippen molar-refractivity contribution in [2.24, 2.45) is 23.2 Å². The quantitative estimate of drug-likeness (QED) is 0.563. The number of hydrogen-bond acceptors (Lipinski definition) is 7. The summed E-state index contributed by atoms with van der Waals surface area (Å²) in [5.74, 6) is -1.87. The third-order valence-corrected chi connectivity index (χ3v) is 5.95. The van der Waals surface area contributed by atoms with Gasteiger partial charge in [0.15, 0.2) is 0 Å². The van der Waals surface area contributed by atoms with Crippen LogP contribution in [0.4, 0.5) is 0 Å². The van der Waals surface area contributed by atoms with Gasteiger partial charge in [-0.15, -0.1) is 0 Å². The molecule has 1 rings (SSSR count). The summed E-state index contributed by atoms with van der Waals surface area (Å²) in [4.78, 5) is 34.0. The largest absolute Gasteiger partial charge is 0.465 e. The van der Waals surface area contributed by atoms with Gasteiger partial charge in [-0.1, -0.05) is 20.8 Å². The van der Waals surface area contributed by atoms with Gasteiger partial charge in [0.2, 0.25) is 0 Å². The first-order valence-electron chi connectivity index (χ1n) is 8.96. The monoisotopic (exact) mass is 372 g/mol. The normalized spacial score (nSPS) is 30.6. The fourth-order valence-corrected chi connectivity index (χ4v) is 4.02. The van der Waals surface area contributed by atoms with E-state index in [-0.39, 0.29) is 36.4 Å². The number of carbonyl (C=O) groups is 3. The van der Waals surface area contributed by atoms with Crippen molar-refractivity contribution in [2.45, 2.75) is 66.6 Å². The van der Waals surface area contributed by atoms with Gasteiger partial charge in [-0.2, -0.15) is 0 Å². The Labute approximate surface area is 155 Å². The van der Waals surface area contributed by atoms with Crippen molar-refractivity contribution in [3.63, 3.8) is 0 Å². The van der Waals surface area contributed by atoms with Crippen LogP contribution < -0.4 is 0 Å². The molecule has 1 aliphatic carbocycles. The van der Waals surface area contributed by atoms with Gasteiger partial charge in [0.25, 0.3) is 0 Å². The van der Waals surface area contributed by atoms with Crippen LogP contribution in [0.3, 0.4) is 0 Å². The van der Waals surface area contributed by atoms with Crippen LogP contribution in [0.2, 0.25) is 0 Å². The van der Waals surface area contributed by atoms with E-state index in [1.54, 1.807) is 6.92 Å². The molecule has 0 spiro atoms. The molecule has 0 aromatic rings. The van der Waals surface area contributed by atoms with Crippen LogP contribution in [0.1, 0.15) is 54.9 Å². The van der Waals surface area contributed by atoms with Crippen molar-refractivity contribution in [3.05, 3.63) is 0 Å². The Kier molecular flexibility index (Phi) is 7.22. The second-order valence-corrected chi connectivity index (χ2v) is 8.07. The Bertz CT molecular complexity index is 520. The molecule has 1 fully saturated rings. The first kappa shape index (κ1) is 22.4. The van der Waals surface area contributed by atoms with Gasteiger partial charge in [0, 0.05) is 26.7 Å². The molecule has 0 aromatic carbocycles. The Morgan fingerprint density at radius 3 is 1.85 bits per heavy atom. The summed E-state index contributed by atoms with van der Waals surface area (Å²) in [6.07, 6.45) is -0.304. The molecule has 0 amide bonds. The molecule has 1 aliphatic rings. The van der Waals surface area contributed by atoms with Crippen molar-refractivity contribution >= 4 is 17.9 Å². The lowest BCUT2D eigenvalue weighted by atomic mass is 9.53. The second-order valence-electron chi connectivity index (χ2n) is 8.07. The van der Waals surface area contributed by atoms with Gasteiger partial charge in [-0.25, -0.2) is 0 Å². The Hall–Kier alpha value is -1.63. The highest BCUT2D eigenvalue weighted by atomic mass is 16.6. The van der Waals surface area contributed by atoms with E-state index < -0.39 is 29.6 Å². The average Bonchev–Trinajstić information content (AvgIpc) is 2.49. The number of carbonyl (C=O) groups excluding carboxylic acids is 3. The lowest BCUT2D eigenvalue weighted by Crippen LogP contribution is -2.61. The summed E-state index contributed by atoms with van der Waals surface area (Å²) < 4.78 is 15.8. The number of hydrogen-bond donors (Lipinski definition) is 1. The molecule has 1 N–H and O–H groups in total. The van der Waals surface area contributed by atoms with E-state index in [4.69, 9.17) is 14.2 Å². The van der Waals surface area contributed by atoms with Crippen molar-refractivity contribution in [1.29, 1.82) is 0 Å². The van der Waals surface area contributed by atoms with Crippen LogP contribution in [-0.4, -0.2) is 47.9 Å². The Balaban J connectivity index is 3.16. The first-order valence-corrected chi connectivity index (χ1v) is 8.96. The number of ether oxygens (including phenoxy) is 3. The van der Waals surface area contributed by atoms with Crippen LogP contribution in [0, 0.1) is 23.2 Å². The highest BCUT2D eigenvalue weighted by molar-refractivity contribution is 5.66.